The van der Waals surface area contributed by atoms with Crippen molar-refractivity contribution in [3.8, 4) is 16.9 Å². The van der Waals surface area contributed by atoms with Gasteiger partial charge in [0, 0.05) is 36.3 Å². The predicted molar refractivity (Wildman–Crippen MR) is 126 cm³/mol. The predicted octanol–water partition coefficient (Wildman–Crippen LogP) is 2.17. The quantitative estimate of drug-likeness (QED) is 0.337. The number of aromatic amines is 1. The molecule has 3 amide bonds. The van der Waals surface area contributed by atoms with E-state index in [1.165, 1.54) is 19.1 Å². The molecule has 1 aliphatic heterocycles. The minimum absolute atomic E-state index is 0.129. The second-order valence-corrected chi connectivity index (χ2v) is 8.28. The third kappa shape index (κ3) is 3.68. The number of H-pyrrole nitrogens is 1. The second-order valence-electron chi connectivity index (χ2n) is 8.28. The van der Waals surface area contributed by atoms with Crippen molar-refractivity contribution in [2.24, 2.45) is 0 Å². The number of fused-ring (bicyclic) bond motifs is 2. The van der Waals surface area contributed by atoms with Crippen LogP contribution < -0.4 is 15.4 Å². The summed E-state index contributed by atoms with van der Waals surface area (Å²) in [5, 5.41) is 12.7. The molecule has 0 spiro atoms. The largest absolute Gasteiger partial charge is 0.497 e. The van der Waals surface area contributed by atoms with E-state index in [0.29, 0.717) is 23.3 Å². The van der Waals surface area contributed by atoms with Crippen molar-refractivity contribution in [2.75, 3.05) is 20.7 Å². The Morgan fingerprint density at radius 1 is 1.26 bits per heavy atom. The molecule has 5 rings (SSSR count). The summed E-state index contributed by atoms with van der Waals surface area (Å²) >= 11 is 0. The number of carbonyl (C=O) groups is 3. The molecule has 1 unspecified atom stereocenters. The number of hydrogen-bond acceptors (Lipinski definition) is 6. The van der Waals surface area contributed by atoms with E-state index in [1.54, 1.807) is 36.7 Å². The van der Waals surface area contributed by atoms with Crippen molar-refractivity contribution in [3.05, 3.63) is 71.7 Å². The third-order valence-electron chi connectivity index (χ3n) is 6.31. The average Bonchev–Trinajstić information content (AvgIpc) is 3.62. The van der Waals surface area contributed by atoms with Gasteiger partial charge in [0.2, 0.25) is 6.41 Å². The first-order valence-corrected chi connectivity index (χ1v) is 10.9. The first-order chi connectivity index (χ1) is 17.0. The van der Waals surface area contributed by atoms with Crippen molar-refractivity contribution < 1.29 is 23.5 Å². The van der Waals surface area contributed by atoms with Gasteiger partial charge < -0.3 is 24.7 Å². The molecule has 3 heterocycles. The monoisotopic (exact) mass is 473 g/mol. The average molecular weight is 473 g/mol. The first-order valence-electron chi connectivity index (χ1n) is 10.9. The molecule has 2 aromatic carbocycles. The fourth-order valence-electron chi connectivity index (χ4n) is 4.48. The van der Waals surface area contributed by atoms with Crippen LogP contribution in [0.15, 0.2) is 59.3 Å². The zero-order valence-corrected chi connectivity index (χ0v) is 19.1. The summed E-state index contributed by atoms with van der Waals surface area (Å²) in [6.45, 7) is 0.151. The summed E-state index contributed by atoms with van der Waals surface area (Å²) in [5.74, 6) is -0.00356. The van der Waals surface area contributed by atoms with Gasteiger partial charge in [0.25, 0.3) is 11.8 Å². The number of nitrogens with zero attached hydrogens (tertiary/aromatic N) is 2. The van der Waals surface area contributed by atoms with E-state index in [-0.39, 0.29) is 24.8 Å². The van der Waals surface area contributed by atoms with Gasteiger partial charge in [0.15, 0.2) is 5.54 Å². The molecule has 0 fully saturated rings. The lowest BCUT2D eigenvalue weighted by Gasteiger charge is -2.33. The maximum Gasteiger partial charge on any atom is 0.255 e. The van der Waals surface area contributed by atoms with Gasteiger partial charge in [-0.05, 0) is 41.5 Å². The van der Waals surface area contributed by atoms with E-state index in [1.807, 2.05) is 18.2 Å². The second kappa shape index (κ2) is 8.64. The molecule has 0 radical (unpaired) electrons. The number of amides is 3. The smallest absolute Gasteiger partial charge is 0.255 e. The molecule has 35 heavy (non-hydrogen) atoms. The number of carbonyl (C=O) groups excluding carboxylic acids is 3. The van der Waals surface area contributed by atoms with E-state index in [2.05, 4.69) is 20.8 Å². The normalized spacial score (nSPS) is 14.5. The molecule has 178 valence electrons. The number of aromatic nitrogens is 2. The Balaban J connectivity index is 1.56. The Bertz CT molecular complexity index is 1430. The maximum atomic E-state index is 13.3. The molecule has 1 aliphatic rings. The lowest BCUT2D eigenvalue weighted by Crippen LogP contribution is -2.59. The molecule has 0 saturated heterocycles. The highest BCUT2D eigenvalue weighted by molar-refractivity contribution is 6.00. The van der Waals surface area contributed by atoms with Crippen LogP contribution >= 0.6 is 0 Å². The highest BCUT2D eigenvalue weighted by Gasteiger charge is 2.47. The minimum atomic E-state index is -1.65. The van der Waals surface area contributed by atoms with Gasteiger partial charge in [-0.25, -0.2) is 0 Å². The molecule has 1 atom stereocenters. The summed E-state index contributed by atoms with van der Waals surface area (Å²) < 4.78 is 11.3. The highest BCUT2D eigenvalue weighted by atomic mass is 16.5. The third-order valence-corrected chi connectivity index (χ3v) is 6.31. The zero-order valence-electron chi connectivity index (χ0n) is 19.1. The van der Waals surface area contributed by atoms with Crippen LogP contribution in [0.1, 0.15) is 21.7 Å². The van der Waals surface area contributed by atoms with Gasteiger partial charge in [0.1, 0.15) is 17.1 Å². The fraction of sp³-hybridized carbons (Fsp3) is 0.200. The van der Waals surface area contributed by atoms with Crippen LogP contribution in [0.2, 0.25) is 0 Å². The molecular weight excluding hydrogens is 450 g/mol. The summed E-state index contributed by atoms with van der Waals surface area (Å²) in [5.41, 5.74) is 2.00. The molecule has 0 saturated carbocycles. The number of methoxy groups -OCH3 is 1. The lowest BCUT2D eigenvalue weighted by atomic mass is 9.93. The van der Waals surface area contributed by atoms with E-state index >= 15 is 0 Å². The number of nitrogens with one attached hydrogen (secondary N) is 3. The van der Waals surface area contributed by atoms with E-state index in [9.17, 15) is 14.4 Å². The van der Waals surface area contributed by atoms with Crippen LogP contribution in [0.4, 0.5) is 0 Å². The Kier molecular flexibility index (Phi) is 5.48. The first kappa shape index (κ1) is 22.2. The number of benzene rings is 2. The Labute approximate surface area is 200 Å². The van der Waals surface area contributed by atoms with Crippen LogP contribution in [-0.4, -0.2) is 54.0 Å². The van der Waals surface area contributed by atoms with Gasteiger partial charge >= 0.3 is 0 Å². The van der Waals surface area contributed by atoms with Crippen molar-refractivity contribution in [3.63, 3.8) is 0 Å². The van der Waals surface area contributed by atoms with Crippen molar-refractivity contribution in [1.82, 2.24) is 25.7 Å². The number of ether oxygens (including phenoxy) is 1. The van der Waals surface area contributed by atoms with E-state index in [4.69, 9.17) is 9.15 Å². The molecular formula is C25H23N5O5. The SMILES string of the molecule is CNC(=O)C(CN1Cc2ccc(OC)cc2C1=O)(NC=O)c1cc2cc(-c3cn[nH]c3)ccc2o1. The standard InChI is InChI=1S/C25H23N5O5/c1-26-24(33)25(27-14-31,13-30-12-16-3-5-19(34-2)9-20(16)23(30)32)22-8-17-7-15(4-6-21(17)35-22)18-10-28-29-11-18/h3-11,14H,12-13H2,1-2H3,(H,26,33)(H,27,31)(H,28,29). The molecule has 10 nitrogen and oxygen atoms in total. The van der Waals surface area contributed by atoms with Crippen molar-refractivity contribution in [1.29, 1.82) is 0 Å². The Morgan fingerprint density at radius 2 is 2.11 bits per heavy atom. The van der Waals surface area contributed by atoms with E-state index < -0.39 is 11.4 Å². The number of hydrogen-bond donors (Lipinski definition) is 3. The molecule has 2 aromatic heterocycles. The van der Waals surface area contributed by atoms with Crippen LogP contribution in [0, 0.1) is 0 Å². The zero-order chi connectivity index (χ0) is 24.6. The highest BCUT2D eigenvalue weighted by Crippen LogP contribution is 2.34. The number of likely N-dealkylation sites (N-methyl/N-ethyl adjacent to an activating group) is 1. The van der Waals surface area contributed by atoms with Crippen LogP contribution in [0.25, 0.3) is 22.1 Å². The van der Waals surface area contributed by atoms with Crippen LogP contribution in [0.5, 0.6) is 5.75 Å². The fourth-order valence-corrected chi connectivity index (χ4v) is 4.48. The number of rotatable bonds is 8. The minimum Gasteiger partial charge on any atom is -0.497 e. The maximum absolute atomic E-state index is 13.3. The lowest BCUT2D eigenvalue weighted by molar-refractivity contribution is -0.131. The molecule has 3 N–H and O–H groups in total. The molecule has 4 aromatic rings. The summed E-state index contributed by atoms with van der Waals surface area (Å²) in [6.07, 6.45) is 3.92. The van der Waals surface area contributed by atoms with Gasteiger partial charge in [0.05, 0.1) is 19.9 Å². The van der Waals surface area contributed by atoms with Gasteiger partial charge in [-0.3, -0.25) is 19.5 Å². The Hall–Kier alpha value is -4.60. The van der Waals surface area contributed by atoms with E-state index in [0.717, 1.165) is 22.1 Å². The summed E-state index contributed by atoms with van der Waals surface area (Å²) in [6, 6.07) is 12.6. The Morgan fingerprint density at radius 3 is 2.83 bits per heavy atom. The van der Waals surface area contributed by atoms with Gasteiger partial charge in [-0.15, -0.1) is 0 Å². The molecule has 10 heteroatoms. The topological polar surface area (TPSA) is 130 Å². The van der Waals surface area contributed by atoms with Crippen LogP contribution in [-0.2, 0) is 21.7 Å². The number of furan rings is 1. The molecule has 0 aliphatic carbocycles. The van der Waals surface area contributed by atoms with Gasteiger partial charge in [-0.1, -0.05) is 12.1 Å². The van der Waals surface area contributed by atoms with Crippen molar-refractivity contribution in [2.45, 2.75) is 12.1 Å². The van der Waals surface area contributed by atoms with Crippen molar-refractivity contribution >= 4 is 29.2 Å². The van der Waals surface area contributed by atoms with Gasteiger partial charge in [-0.2, -0.15) is 5.10 Å². The molecule has 0 bridgehead atoms. The summed E-state index contributed by atoms with van der Waals surface area (Å²) in [4.78, 5) is 39.7. The summed E-state index contributed by atoms with van der Waals surface area (Å²) in [7, 11) is 3.00. The van der Waals surface area contributed by atoms with Crippen LogP contribution in [0.3, 0.4) is 0 Å².